The molecule has 2 aliphatic rings. The van der Waals surface area contributed by atoms with Crippen LogP contribution in [0.4, 0.5) is 0 Å². The molecule has 0 aromatic heterocycles. The van der Waals surface area contributed by atoms with Gasteiger partial charge >= 0.3 is 0 Å². The molecule has 0 spiro atoms. The maximum absolute atomic E-state index is 5.36. The largest absolute Gasteiger partial charge is 0.381 e. The van der Waals surface area contributed by atoms with E-state index in [2.05, 4.69) is 29.6 Å². The molecule has 3 rings (SSSR count). The molecular weight excluding hydrogens is 222 g/mol. The second-order valence-corrected chi connectivity index (χ2v) is 5.69. The summed E-state index contributed by atoms with van der Waals surface area (Å²) in [5.74, 6) is 0. The Morgan fingerprint density at radius 2 is 2.00 bits per heavy atom. The fourth-order valence-electron chi connectivity index (χ4n) is 3.27. The van der Waals surface area contributed by atoms with E-state index >= 15 is 0 Å². The highest BCUT2D eigenvalue weighted by atomic mass is 16.5. The summed E-state index contributed by atoms with van der Waals surface area (Å²) in [6.45, 7) is 0. The predicted octanol–water partition coefficient (Wildman–Crippen LogP) is 3.22. The fraction of sp³-hybridized carbons (Fsp3) is 0.625. The third-order valence-electron chi connectivity index (χ3n) is 4.48. The number of benzene rings is 1. The average molecular weight is 245 g/mol. The summed E-state index contributed by atoms with van der Waals surface area (Å²) >= 11 is 0. The first-order chi connectivity index (χ1) is 8.86. The summed E-state index contributed by atoms with van der Waals surface area (Å²) in [7, 11) is 1.82. The van der Waals surface area contributed by atoms with Crippen molar-refractivity contribution in [3.05, 3.63) is 35.4 Å². The van der Waals surface area contributed by atoms with Gasteiger partial charge in [0.2, 0.25) is 0 Å². The number of hydrogen-bond acceptors (Lipinski definition) is 2. The number of methoxy groups -OCH3 is 1. The Kier molecular flexibility index (Phi) is 3.67. The van der Waals surface area contributed by atoms with Gasteiger partial charge < -0.3 is 10.1 Å². The van der Waals surface area contributed by atoms with Crippen LogP contribution in [0.5, 0.6) is 0 Å². The Hall–Kier alpha value is -0.860. The normalized spacial score (nSPS) is 31.3. The van der Waals surface area contributed by atoms with Crippen molar-refractivity contribution in [2.24, 2.45) is 0 Å². The van der Waals surface area contributed by atoms with Crippen LogP contribution in [0, 0.1) is 0 Å². The van der Waals surface area contributed by atoms with Crippen LogP contribution in [0.1, 0.15) is 49.3 Å². The van der Waals surface area contributed by atoms with Crippen LogP contribution in [-0.4, -0.2) is 19.3 Å². The van der Waals surface area contributed by atoms with Crippen LogP contribution in [0.25, 0.3) is 0 Å². The van der Waals surface area contributed by atoms with E-state index in [0.29, 0.717) is 18.2 Å². The van der Waals surface area contributed by atoms with Gasteiger partial charge in [0.05, 0.1) is 6.10 Å². The molecule has 1 saturated carbocycles. The van der Waals surface area contributed by atoms with Gasteiger partial charge in [0.25, 0.3) is 0 Å². The molecule has 1 unspecified atom stereocenters. The molecule has 0 radical (unpaired) electrons. The Morgan fingerprint density at radius 3 is 2.83 bits per heavy atom. The number of hydrogen-bond donors (Lipinski definition) is 1. The first-order valence-corrected chi connectivity index (χ1v) is 7.23. The van der Waals surface area contributed by atoms with Crippen LogP contribution in [0.15, 0.2) is 24.3 Å². The minimum Gasteiger partial charge on any atom is -0.381 e. The van der Waals surface area contributed by atoms with Crippen molar-refractivity contribution in [3.63, 3.8) is 0 Å². The second kappa shape index (κ2) is 5.41. The summed E-state index contributed by atoms with van der Waals surface area (Å²) < 4.78 is 5.36. The average Bonchev–Trinajstić information content (AvgIpc) is 2.56. The maximum atomic E-state index is 5.36. The minimum absolute atomic E-state index is 0.489. The van der Waals surface area contributed by atoms with Gasteiger partial charge in [-0.25, -0.2) is 0 Å². The van der Waals surface area contributed by atoms with Gasteiger partial charge in [-0.1, -0.05) is 30.7 Å². The molecule has 1 aromatic carbocycles. The molecule has 1 fully saturated rings. The molecule has 2 nitrogen and oxygen atoms in total. The quantitative estimate of drug-likeness (QED) is 0.826. The molecule has 98 valence electrons. The zero-order chi connectivity index (χ0) is 12.4. The summed E-state index contributed by atoms with van der Waals surface area (Å²) in [6, 6.07) is 10.2. The van der Waals surface area contributed by atoms with Crippen molar-refractivity contribution in [1.82, 2.24) is 5.32 Å². The highest BCUT2D eigenvalue weighted by Crippen LogP contribution is 2.32. The van der Waals surface area contributed by atoms with Crippen molar-refractivity contribution < 1.29 is 4.74 Å². The van der Waals surface area contributed by atoms with Crippen molar-refractivity contribution in [2.75, 3.05) is 7.11 Å². The van der Waals surface area contributed by atoms with Crippen LogP contribution in [0.3, 0.4) is 0 Å². The van der Waals surface area contributed by atoms with Crippen molar-refractivity contribution in [1.29, 1.82) is 0 Å². The Labute approximate surface area is 110 Å². The molecule has 1 aromatic rings. The van der Waals surface area contributed by atoms with Crippen molar-refractivity contribution >= 4 is 0 Å². The first-order valence-electron chi connectivity index (χ1n) is 7.23. The van der Waals surface area contributed by atoms with Gasteiger partial charge in [-0.05, 0) is 43.2 Å². The number of nitrogens with one attached hydrogen (secondary N) is 1. The first kappa shape index (κ1) is 12.2. The second-order valence-electron chi connectivity index (χ2n) is 5.69. The number of aryl methyl sites for hydroxylation is 1. The fourth-order valence-corrected chi connectivity index (χ4v) is 3.27. The Bertz CT molecular complexity index is 398. The number of rotatable bonds is 3. The monoisotopic (exact) mass is 245 g/mol. The molecule has 2 aliphatic carbocycles. The van der Waals surface area contributed by atoms with Gasteiger partial charge in [-0.15, -0.1) is 0 Å². The zero-order valence-electron chi connectivity index (χ0n) is 11.2. The van der Waals surface area contributed by atoms with E-state index in [1.165, 1.54) is 44.1 Å². The van der Waals surface area contributed by atoms with Gasteiger partial charge in [0.15, 0.2) is 0 Å². The summed E-state index contributed by atoms with van der Waals surface area (Å²) in [5.41, 5.74) is 3.09. The van der Waals surface area contributed by atoms with Crippen LogP contribution < -0.4 is 5.32 Å². The van der Waals surface area contributed by atoms with E-state index in [0.717, 1.165) is 0 Å². The third-order valence-corrected chi connectivity index (χ3v) is 4.48. The molecule has 2 heteroatoms. The maximum Gasteiger partial charge on any atom is 0.0601 e. The highest BCUT2D eigenvalue weighted by molar-refractivity contribution is 5.31. The lowest BCUT2D eigenvalue weighted by Crippen LogP contribution is -2.46. The van der Waals surface area contributed by atoms with E-state index < -0.39 is 0 Å². The van der Waals surface area contributed by atoms with Crippen molar-refractivity contribution in [2.45, 2.75) is 56.7 Å². The molecule has 0 saturated heterocycles. The zero-order valence-corrected chi connectivity index (χ0v) is 11.2. The SMILES string of the molecule is COC1CC(NC2CCCCc3ccccc32)C1. The molecule has 0 heterocycles. The van der Waals surface area contributed by atoms with Crippen LogP contribution in [-0.2, 0) is 11.2 Å². The smallest absolute Gasteiger partial charge is 0.0601 e. The molecular formula is C16H23NO. The molecule has 1 atom stereocenters. The minimum atomic E-state index is 0.489. The van der Waals surface area contributed by atoms with Gasteiger partial charge in [0, 0.05) is 19.2 Å². The summed E-state index contributed by atoms with van der Waals surface area (Å²) in [6.07, 6.45) is 8.05. The van der Waals surface area contributed by atoms with E-state index in [-0.39, 0.29) is 0 Å². The van der Waals surface area contributed by atoms with E-state index in [4.69, 9.17) is 4.74 Å². The van der Waals surface area contributed by atoms with Gasteiger partial charge in [-0.2, -0.15) is 0 Å². The lowest BCUT2D eigenvalue weighted by molar-refractivity contribution is 0.0138. The van der Waals surface area contributed by atoms with E-state index in [9.17, 15) is 0 Å². The topological polar surface area (TPSA) is 21.3 Å². The molecule has 1 N–H and O–H groups in total. The predicted molar refractivity (Wildman–Crippen MR) is 73.7 cm³/mol. The van der Waals surface area contributed by atoms with E-state index in [1.54, 1.807) is 5.56 Å². The van der Waals surface area contributed by atoms with Crippen molar-refractivity contribution in [3.8, 4) is 0 Å². The molecule has 0 bridgehead atoms. The third kappa shape index (κ3) is 2.45. The van der Waals surface area contributed by atoms with Crippen LogP contribution in [0.2, 0.25) is 0 Å². The molecule has 0 amide bonds. The lowest BCUT2D eigenvalue weighted by Gasteiger charge is -2.37. The Balaban J connectivity index is 1.68. The summed E-state index contributed by atoms with van der Waals surface area (Å²) in [4.78, 5) is 0. The molecule has 0 aliphatic heterocycles. The Morgan fingerprint density at radius 1 is 1.17 bits per heavy atom. The van der Waals surface area contributed by atoms with Gasteiger partial charge in [-0.3, -0.25) is 0 Å². The lowest BCUT2D eigenvalue weighted by atomic mass is 9.87. The number of ether oxygens (including phenoxy) is 1. The standard InChI is InChI=1S/C16H23NO/c1-18-14-10-13(11-14)17-16-9-5-3-7-12-6-2-4-8-15(12)16/h2,4,6,8,13-14,16-17H,3,5,7,9-11H2,1H3. The van der Waals surface area contributed by atoms with E-state index in [1.807, 2.05) is 7.11 Å². The summed E-state index contributed by atoms with van der Waals surface area (Å²) in [5, 5.41) is 3.84. The van der Waals surface area contributed by atoms with Gasteiger partial charge in [0.1, 0.15) is 0 Å². The molecule has 18 heavy (non-hydrogen) atoms. The highest BCUT2D eigenvalue weighted by Gasteiger charge is 2.31. The van der Waals surface area contributed by atoms with Crippen LogP contribution >= 0.6 is 0 Å². The number of fused-ring (bicyclic) bond motifs is 1.